The van der Waals surface area contributed by atoms with Gasteiger partial charge in [-0.15, -0.1) is 5.10 Å². The van der Waals surface area contributed by atoms with Crippen LogP contribution in [0.4, 0.5) is 14.5 Å². The molecule has 4 rings (SSSR count). The number of halogens is 3. The summed E-state index contributed by atoms with van der Waals surface area (Å²) in [5.41, 5.74) is 1.14. The van der Waals surface area contributed by atoms with E-state index in [0.717, 1.165) is 18.2 Å². The largest absolute Gasteiger partial charge is 0.858 e. The molecule has 0 radical (unpaired) electrons. The van der Waals surface area contributed by atoms with E-state index in [1.165, 1.54) is 42.7 Å². The van der Waals surface area contributed by atoms with Crippen molar-refractivity contribution in [2.24, 2.45) is 0 Å². The summed E-state index contributed by atoms with van der Waals surface area (Å²) in [6.07, 6.45) is 0. The lowest BCUT2D eigenvalue weighted by Gasteiger charge is -2.42. The van der Waals surface area contributed by atoms with E-state index in [1.807, 2.05) is 0 Å². The first-order chi connectivity index (χ1) is 17.1. The minimum Gasteiger partial charge on any atom is -0.858 e. The number of aromatic nitrogens is 2. The van der Waals surface area contributed by atoms with Crippen LogP contribution in [0.2, 0.25) is 5.02 Å². The van der Waals surface area contributed by atoms with Crippen LogP contribution in [-0.2, 0) is 16.6 Å². The molecule has 1 N–H and O–H groups in total. The summed E-state index contributed by atoms with van der Waals surface area (Å²) in [6.45, 7) is 0.745. The average Bonchev–Trinajstić information content (AvgIpc) is 3.39. The van der Waals surface area contributed by atoms with Gasteiger partial charge in [0.25, 0.3) is 0 Å². The van der Waals surface area contributed by atoms with Crippen LogP contribution in [0.25, 0.3) is 11.3 Å². The molecule has 1 aromatic heterocycles. The maximum absolute atomic E-state index is 15.3. The Hall–Kier alpha value is -3.25. The Labute approximate surface area is 215 Å². The van der Waals surface area contributed by atoms with Crippen molar-refractivity contribution in [1.29, 1.82) is 5.41 Å². The molecule has 1 unspecified atom stereocenters. The molecule has 1 heterocycles. The highest BCUT2D eigenvalue weighted by atomic mass is 35.5. The summed E-state index contributed by atoms with van der Waals surface area (Å²) in [6, 6.07) is 12.5. The third-order valence-electron chi connectivity index (χ3n) is 5.89. The Bertz CT molecular complexity index is 1500. The van der Waals surface area contributed by atoms with Gasteiger partial charge >= 0.3 is 10.0 Å². The van der Waals surface area contributed by atoms with Crippen molar-refractivity contribution >= 4 is 44.7 Å². The summed E-state index contributed by atoms with van der Waals surface area (Å²) >= 11 is 7.11. The van der Waals surface area contributed by atoms with Gasteiger partial charge in [-0.05, 0) is 54.9 Å². The highest BCUT2D eigenvalue weighted by Gasteiger charge is 2.51. The van der Waals surface area contributed by atoms with Gasteiger partial charge in [0.2, 0.25) is 0 Å². The minimum atomic E-state index is -4.66. The fourth-order valence-electron chi connectivity index (χ4n) is 3.96. The fourth-order valence-corrected chi connectivity index (χ4v) is 6.63. The van der Waals surface area contributed by atoms with E-state index in [9.17, 15) is 17.9 Å². The van der Waals surface area contributed by atoms with E-state index in [0.29, 0.717) is 16.8 Å². The lowest BCUT2D eigenvalue weighted by atomic mass is 10.1. The van der Waals surface area contributed by atoms with Crippen LogP contribution in [0, 0.1) is 17.0 Å². The second-order valence-electron chi connectivity index (χ2n) is 8.01. The zero-order valence-electron chi connectivity index (χ0n) is 18.7. The van der Waals surface area contributed by atoms with Gasteiger partial charge in [-0.3, -0.25) is 0 Å². The standard InChI is InChI=1S/C24H19ClF2N4O3S2/c1-15(24(28)32)31(23-12-19(26)8-11-21(23)27,36(33,34)20-9-6-18(25)7-10-20)13-16-2-4-17(5-3-16)22-14-35-30-29-22/h2-12,14-15H,13H2,1H3,(H-,28,32)/t15-,31?/m1/s1. The van der Waals surface area contributed by atoms with Gasteiger partial charge in [-0.2, -0.15) is 12.3 Å². The second-order valence-corrected chi connectivity index (χ2v) is 11.1. The molecule has 186 valence electrons. The predicted molar refractivity (Wildman–Crippen MR) is 133 cm³/mol. The number of hydrogen-bond acceptors (Lipinski definition) is 7. The Balaban J connectivity index is 1.98. The molecule has 3 aromatic carbocycles. The normalized spacial score (nSPS) is 14.2. The molecule has 0 aliphatic heterocycles. The summed E-state index contributed by atoms with van der Waals surface area (Å²) in [5, 5.41) is 26.2. The molecule has 0 amide bonds. The zero-order chi connectivity index (χ0) is 26.1. The first-order valence-corrected chi connectivity index (χ1v) is 13.2. The lowest BCUT2D eigenvalue weighted by molar-refractivity contribution is -0.224. The Morgan fingerprint density at radius 1 is 1.11 bits per heavy atom. The van der Waals surface area contributed by atoms with Crippen LogP contribution in [0.5, 0.6) is 0 Å². The van der Waals surface area contributed by atoms with Crippen LogP contribution in [-0.4, -0.2) is 29.9 Å². The number of hydrogen-bond donors (Lipinski definition) is 1. The van der Waals surface area contributed by atoms with Gasteiger partial charge in [-0.25, -0.2) is 8.78 Å². The highest BCUT2D eigenvalue weighted by molar-refractivity contribution is 7.91. The number of quaternary nitrogens is 1. The molecule has 4 aromatic rings. The van der Waals surface area contributed by atoms with Crippen molar-refractivity contribution in [3.63, 3.8) is 0 Å². The third kappa shape index (κ3) is 4.62. The van der Waals surface area contributed by atoms with Crippen LogP contribution in [0.15, 0.2) is 77.0 Å². The molecule has 12 heteroatoms. The monoisotopic (exact) mass is 548 g/mol. The molecular formula is C24H19ClF2N4O3S2. The molecular weight excluding hydrogens is 530 g/mol. The summed E-state index contributed by atoms with van der Waals surface area (Å²) in [7, 11) is -4.66. The first-order valence-electron chi connectivity index (χ1n) is 10.5. The van der Waals surface area contributed by atoms with Crippen molar-refractivity contribution in [2.45, 2.75) is 24.4 Å². The topological polar surface area (TPSA) is 107 Å². The Kier molecular flexibility index (Phi) is 7.19. The molecule has 0 aliphatic carbocycles. The van der Waals surface area contributed by atoms with E-state index in [1.54, 1.807) is 29.6 Å². The van der Waals surface area contributed by atoms with E-state index in [-0.39, 0.29) is 9.92 Å². The van der Waals surface area contributed by atoms with E-state index < -0.39 is 49.7 Å². The van der Waals surface area contributed by atoms with Crippen LogP contribution in [0.3, 0.4) is 0 Å². The molecule has 2 atom stereocenters. The molecule has 0 spiro atoms. The Morgan fingerprint density at radius 2 is 1.78 bits per heavy atom. The maximum Gasteiger partial charge on any atom is 0.332 e. The van der Waals surface area contributed by atoms with Crippen LogP contribution in [0.1, 0.15) is 12.5 Å². The lowest BCUT2D eigenvalue weighted by Crippen LogP contribution is -2.63. The van der Waals surface area contributed by atoms with Crippen LogP contribution < -0.4 is 8.99 Å². The highest BCUT2D eigenvalue weighted by Crippen LogP contribution is 2.40. The molecule has 0 fully saturated rings. The minimum absolute atomic E-state index is 0.265. The molecule has 0 saturated carbocycles. The maximum atomic E-state index is 15.3. The van der Waals surface area contributed by atoms with Gasteiger partial charge in [0, 0.05) is 33.5 Å². The van der Waals surface area contributed by atoms with Crippen molar-refractivity contribution in [3.05, 3.63) is 94.3 Å². The van der Waals surface area contributed by atoms with Gasteiger partial charge in [-0.1, -0.05) is 40.4 Å². The Morgan fingerprint density at radius 3 is 2.36 bits per heavy atom. The number of sulfonamides is 1. The summed E-state index contributed by atoms with van der Waals surface area (Å²) in [5.74, 6) is -3.19. The number of nitrogens with zero attached hydrogens (tertiary/aromatic N) is 3. The van der Waals surface area contributed by atoms with Gasteiger partial charge in [0.1, 0.15) is 29.0 Å². The van der Waals surface area contributed by atoms with E-state index in [2.05, 4.69) is 9.59 Å². The molecule has 36 heavy (non-hydrogen) atoms. The third-order valence-corrected chi connectivity index (χ3v) is 9.01. The van der Waals surface area contributed by atoms with Crippen molar-refractivity contribution < 1.29 is 22.3 Å². The number of rotatable bonds is 8. The molecule has 7 nitrogen and oxygen atoms in total. The number of nitrogens with one attached hydrogen (secondary N) is 1. The quantitative estimate of drug-likeness (QED) is 0.194. The summed E-state index contributed by atoms with van der Waals surface area (Å²) < 4.78 is 60.6. The van der Waals surface area contributed by atoms with Crippen LogP contribution >= 0.6 is 23.1 Å². The second kappa shape index (κ2) is 10.0. The zero-order valence-corrected chi connectivity index (χ0v) is 21.1. The average molecular weight is 549 g/mol. The van der Waals surface area contributed by atoms with Gasteiger partial charge < -0.3 is 10.5 Å². The van der Waals surface area contributed by atoms with Gasteiger partial charge in [0.15, 0.2) is 11.5 Å². The SMILES string of the molecule is C[C@H](C(=N)[O-])[N+](Cc1ccc(-c2csnn2)cc1)(c1cc(F)ccc1F)S(=O)(=O)c1ccc(Cl)cc1. The van der Waals surface area contributed by atoms with Crippen molar-refractivity contribution in [2.75, 3.05) is 0 Å². The summed E-state index contributed by atoms with van der Waals surface area (Å²) in [4.78, 5) is -0.270. The number of benzene rings is 3. The van der Waals surface area contributed by atoms with E-state index >= 15 is 4.39 Å². The molecule has 0 bridgehead atoms. The fraction of sp³-hybridized carbons (Fsp3) is 0.125. The van der Waals surface area contributed by atoms with E-state index in [4.69, 9.17) is 17.0 Å². The van der Waals surface area contributed by atoms with Gasteiger partial charge in [0.05, 0.1) is 0 Å². The smallest absolute Gasteiger partial charge is 0.332 e. The first kappa shape index (κ1) is 25.8. The van der Waals surface area contributed by atoms with Crippen molar-refractivity contribution in [3.8, 4) is 11.3 Å². The van der Waals surface area contributed by atoms with Crippen molar-refractivity contribution in [1.82, 2.24) is 13.5 Å². The molecule has 0 aliphatic rings. The molecule has 0 saturated heterocycles. The predicted octanol–water partition coefficient (Wildman–Crippen LogP) is 4.76.